The van der Waals surface area contributed by atoms with E-state index in [4.69, 9.17) is 10.5 Å². The maximum absolute atomic E-state index is 6.21. The molecular formula is C17H27NO. The first-order chi connectivity index (χ1) is 9.10. The van der Waals surface area contributed by atoms with Gasteiger partial charge in [0.1, 0.15) is 5.75 Å². The van der Waals surface area contributed by atoms with Crippen LogP contribution >= 0.6 is 0 Å². The summed E-state index contributed by atoms with van der Waals surface area (Å²) in [6.45, 7) is 6.42. The summed E-state index contributed by atoms with van der Waals surface area (Å²) < 4.78 is 6.21. The second-order valence-electron chi connectivity index (χ2n) is 5.99. The van der Waals surface area contributed by atoms with E-state index in [0.717, 1.165) is 11.7 Å². The van der Waals surface area contributed by atoms with Crippen LogP contribution in [0.1, 0.15) is 63.1 Å². The van der Waals surface area contributed by atoms with Crippen molar-refractivity contribution in [3.8, 4) is 5.75 Å². The standard InChI is InChI=1S/C17H27NO/c1-4-14-6-5-7-16(11-14)19-17-9-8-15(13(3)18)10-12(17)2/h8-10,13-14,16H,4-7,11,18H2,1-3H3. The first-order valence-electron chi connectivity index (χ1n) is 7.63. The molecule has 0 saturated heterocycles. The number of nitrogens with two attached hydrogens (primary N) is 1. The Labute approximate surface area is 117 Å². The van der Waals surface area contributed by atoms with Crippen molar-refractivity contribution in [2.24, 2.45) is 11.7 Å². The summed E-state index contributed by atoms with van der Waals surface area (Å²) in [5.74, 6) is 1.88. The van der Waals surface area contributed by atoms with Crippen molar-refractivity contribution in [1.82, 2.24) is 0 Å². The molecule has 0 aliphatic heterocycles. The molecule has 1 aliphatic rings. The van der Waals surface area contributed by atoms with Crippen LogP contribution in [-0.4, -0.2) is 6.10 Å². The van der Waals surface area contributed by atoms with Crippen molar-refractivity contribution in [2.45, 2.75) is 65.0 Å². The van der Waals surface area contributed by atoms with Gasteiger partial charge in [-0.1, -0.05) is 31.9 Å². The highest BCUT2D eigenvalue weighted by molar-refractivity contribution is 5.37. The van der Waals surface area contributed by atoms with Gasteiger partial charge in [0.05, 0.1) is 6.10 Å². The van der Waals surface area contributed by atoms with Gasteiger partial charge >= 0.3 is 0 Å². The minimum Gasteiger partial charge on any atom is -0.490 e. The molecule has 0 aromatic heterocycles. The number of hydrogen-bond donors (Lipinski definition) is 1. The highest BCUT2D eigenvalue weighted by Crippen LogP contribution is 2.31. The normalized spacial score (nSPS) is 25.1. The van der Waals surface area contributed by atoms with E-state index in [2.05, 4.69) is 32.0 Å². The van der Waals surface area contributed by atoms with Crippen LogP contribution in [0, 0.1) is 12.8 Å². The van der Waals surface area contributed by atoms with Gasteiger partial charge in [-0.15, -0.1) is 0 Å². The predicted molar refractivity (Wildman–Crippen MR) is 80.4 cm³/mol. The Morgan fingerprint density at radius 2 is 2.16 bits per heavy atom. The third kappa shape index (κ3) is 3.73. The molecular weight excluding hydrogens is 234 g/mol. The van der Waals surface area contributed by atoms with Crippen LogP contribution in [0.3, 0.4) is 0 Å². The Morgan fingerprint density at radius 1 is 1.37 bits per heavy atom. The van der Waals surface area contributed by atoms with E-state index in [9.17, 15) is 0 Å². The van der Waals surface area contributed by atoms with E-state index in [0.29, 0.717) is 6.10 Å². The van der Waals surface area contributed by atoms with Gasteiger partial charge in [0, 0.05) is 6.04 Å². The molecule has 1 aromatic rings. The van der Waals surface area contributed by atoms with Gasteiger partial charge in [-0.05, 0) is 56.2 Å². The maximum atomic E-state index is 6.21. The number of hydrogen-bond acceptors (Lipinski definition) is 2. The van der Waals surface area contributed by atoms with E-state index in [-0.39, 0.29) is 6.04 Å². The Hall–Kier alpha value is -1.02. The fraction of sp³-hybridized carbons (Fsp3) is 0.647. The molecule has 2 heteroatoms. The van der Waals surface area contributed by atoms with Gasteiger partial charge in [-0.25, -0.2) is 0 Å². The van der Waals surface area contributed by atoms with Crippen molar-refractivity contribution in [1.29, 1.82) is 0 Å². The minimum absolute atomic E-state index is 0.0897. The van der Waals surface area contributed by atoms with E-state index >= 15 is 0 Å². The van der Waals surface area contributed by atoms with Crippen LogP contribution in [0.25, 0.3) is 0 Å². The van der Waals surface area contributed by atoms with E-state index in [1.54, 1.807) is 0 Å². The molecule has 19 heavy (non-hydrogen) atoms. The van der Waals surface area contributed by atoms with Crippen molar-refractivity contribution in [3.63, 3.8) is 0 Å². The molecule has 0 bridgehead atoms. The highest BCUT2D eigenvalue weighted by Gasteiger charge is 2.22. The van der Waals surface area contributed by atoms with Crippen LogP contribution in [0.4, 0.5) is 0 Å². The fourth-order valence-corrected chi connectivity index (χ4v) is 2.99. The molecule has 0 spiro atoms. The molecule has 2 rings (SSSR count). The Balaban J connectivity index is 2.02. The minimum atomic E-state index is 0.0897. The first-order valence-corrected chi connectivity index (χ1v) is 7.63. The van der Waals surface area contributed by atoms with E-state index < -0.39 is 0 Å². The Morgan fingerprint density at radius 3 is 2.79 bits per heavy atom. The number of aryl methyl sites for hydroxylation is 1. The molecule has 1 saturated carbocycles. The summed E-state index contributed by atoms with van der Waals surface area (Å²) in [6, 6.07) is 6.42. The SMILES string of the molecule is CCC1CCCC(Oc2ccc(C(C)N)cc2C)C1. The van der Waals surface area contributed by atoms with Gasteiger partial charge in [-0.3, -0.25) is 0 Å². The van der Waals surface area contributed by atoms with Crippen LogP contribution in [-0.2, 0) is 0 Å². The Kier molecular flexibility index (Phi) is 4.87. The lowest BCUT2D eigenvalue weighted by Gasteiger charge is -2.29. The summed E-state index contributed by atoms with van der Waals surface area (Å²) in [5, 5.41) is 0. The van der Waals surface area contributed by atoms with Gasteiger partial charge in [0.25, 0.3) is 0 Å². The molecule has 2 nitrogen and oxygen atoms in total. The third-order valence-electron chi connectivity index (χ3n) is 4.33. The first kappa shape index (κ1) is 14.4. The number of ether oxygens (including phenoxy) is 1. The number of rotatable bonds is 4. The molecule has 1 fully saturated rings. The van der Waals surface area contributed by atoms with Crippen molar-refractivity contribution in [2.75, 3.05) is 0 Å². The fourth-order valence-electron chi connectivity index (χ4n) is 2.99. The summed E-state index contributed by atoms with van der Waals surface area (Å²) in [4.78, 5) is 0. The molecule has 0 radical (unpaired) electrons. The molecule has 1 aromatic carbocycles. The highest BCUT2D eigenvalue weighted by atomic mass is 16.5. The second kappa shape index (κ2) is 6.42. The molecule has 3 atom stereocenters. The van der Waals surface area contributed by atoms with E-state index in [1.165, 1.54) is 43.2 Å². The van der Waals surface area contributed by atoms with Crippen molar-refractivity contribution < 1.29 is 4.74 Å². The molecule has 0 amide bonds. The second-order valence-corrected chi connectivity index (χ2v) is 5.99. The van der Waals surface area contributed by atoms with Gasteiger partial charge < -0.3 is 10.5 Å². The molecule has 2 N–H and O–H groups in total. The Bertz CT molecular complexity index is 414. The van der Waals surface area contributed by atoms with Gasteiger partial charge in [0.15, 0.2) is 0 Å². The average Bonchev–Trinajstić information content (AvgIpc) is 2.41. The van der Waals surface area contributed by atoms with Gasteiger partial charge in [0.2, 0.25) is 0 Å². The quantitative estimate of drug-likeness (QED) is 0.874. The molecule has 1 aliphatic carbocycles. The lowest BCUT2D eigenvalue weighted by Crippen LogP contribution is -2.25. The zero-order chi connectivity index (χ0) is 13.8. The smallest absolute Gasteiger partial charge is 0.122 e. The van der Waals surface area contributed by atoms with Crippen molar-refractivity contribution >= 4 is 0 Å². The largest absolute Gasteiger partial charge is 0.490 e. The molecule has 0 heterocycles. The zero-order valence-electron chi connectivity index (χ0n) is 12.5. The van der Waals surface area contributed by atoms with Crippen LogP contribution < -0.4 is 10.5 Å². The van der Waals surface area contributed by atoms with Crippen LogP contribution in [0.2, 0.25) is 0 Å². The maximum Gasteiger partial charge on any atom is 0.122 e. The lowest BCUT2D eigenvalue weighted by atomic mass is 9.85. The van der Waals surface area contributed by atoms with Crippen LogP contribution in [0.5, 0.6) is 5.75 Å². The summed E-state index contributed by atoms with van der Waals surface area (Å²) >= 11 is 0. The zero-order valence-corrected chi connectivity index (χ0v) is 12.5. The summed E-state index contributed by atoms with van der Waals surface area (Å²) in [6.07, 6.45) is 6.77. The van der Waals surface area contributed by atoms with Crippen LogP contribution in [0.15, 0.2) is 18.2 Å². The number of benzene rings is 1. The van der Waals surface area contributed by atoms with E-state index in [1.807, 2.05) is 6.92 Å². The lowest BCUT2D eigenvalue weighted by molar-refractivity contribution is 0.121. The predicted octanol–water partition coefficient (Wildman–Crippen LogP) is 4.36. The average molecular weight is 261 g/mol. The summed E-state index contributed by atoms with van der Waals surface area (Å²) in [5.41, 5.74) is 8.30. The topological polar surface area (TPSA) is 35.2 Å². The summed E-state index contributed by atoms with van der Waals surface area (Å²) in [7, 11) is 0. The third-order valence-corrected chi connectivity index (χ3v) is 4.33. The molecule has 106 valence electrons. The van der Waals surface area contributed by atoms with Gasteiger partial charge in [-0.2, -0.15) is 0 Å². The van der Waals surface area contributed by atoms with Crippen molar-refractivity contribution in [3.05, 3.63) is 29.3 Å². The monoisotopic (exact) mass is 261 g/mol. The molecule has 3 unspecified atom stereocenters.